The van der Waals surface area contributed by atoms with Gasteiger partial charge in [-0.25, -0.2) is 0 Å². The molecule has 0 saturated heterocycles. The molecule has 1 saturated carbocycles. The minimum atomic E-state index is 0.138. The lowest BCUT2D eigenvalue weighted by atomic mass is 9.96. The molecule has 1 aromatic rings. The van der Waals surface area contributed by atoms with Gasteiger partial charge in [0.1, 0.15) is 0 Å². The number of amidine groups is 1. The van der Waals surface area contributed by atoms with Gasteiger partial charge in [0.15, 0.2) is 5.84 Å². The maximum atomic E-state index is 8.60. The van der Waals surface area contributed by atoms with E-state index in [9.17, 15) is 0 Å². The molecule has 1 fully saturated rings. The molecule has 0 aromatic heterocycles. The predicted octanol–water partition coefficient (Wildman–Crippen LogP) is 2.16. The zero-order chi connectivity index (χ0) is 12.3. The van der Waals surface area contributed by atoms with Crippen LogP contribution < -0.4 is 5.73 Å². The van der Waals surface area contributed by atoms with Crippen LogP contribution in [0.5, 0.6) is 0 Å². The number of nitrogens with two attached hydrogens (primary N) is 1. The third kappa shape index (κ3) is 2.77. The minimum Gasteiger partial charge on any atom is -0.409 e. The lowest BCUT2D eigenvalue weighted by molar-refractivity contribution is -0.00885. The van der Waals surface area contributed by atoms with Crippen molar-refractivity contribution in [3.05, 3.63) is 34.9 Å². The number of hydrogen-bond donors (Lipinski definition) is 2. The Labute approximate surface area is 101 Å². The quantitative estimate of drug-likeness (QED) is 0.363. The number of hydrogen-bond acceptors (Lipinski definition) is 3. The lowest BCUT2D eigenvalue weighted by Crippen LogP contribution is -2.21. The predicted molar refractivity (Wildman–Crippen MR) is 66.1 cm³/mol. The molecule has 0 aliphatic heterocycles. The smallest absolute Gasteiger partial charge is 0.170 e. The number of benzene rings is 1. The standard InChI is InChI=1S/C13H18N2O2/c1-9-7-10(13(14)15-16)5-6-11(9)8-17-12-3-2-4-12/h5-7,12,16H,2-4,8H2,1H3,(H2,14,15). The monoisotopic (exact) mass is 234 g/mol. The molecule has 0 unspecified atom stereocenters. The molecule has 0 spiro atoms. The van der Waals surface area contributed by atoms with Crippen LogP contribution in [0.15, 0.2) is 23.4 Å². The summed E-state index contributed by atoms with van der Waals surface area (Å²) >= 11 is 0. The molecule has 0 atom stereocenters. The fourth-order valence-electron chi connectivity index (χ4n) is 1.82. The lowest BCUT2D eigenvalue weighted by Gasteiger charge is -2.25. The van der Waals surface area contributed by atoms with Gasteiger partial charge in [0.25, 0.3) is 0 Å². The van der Waals surface area contributed by atoms with Crippen molar-refractivity contribution >= 4 is 5.84 Å². The fourth-order valence-corrected chi connectivity index (χ4v) is 1.82. The van der Waals surface area contributed by atoms with E-state index in [4.69, 9.17) is 15.7 Å². The molecule has 17 heavy (non-hydrogen) atoms. The number of oxime groups is 1. The third-order valence-corrected chi connectivity index (χ3v) is 3.27. The first-order valence-corrected chi connectivity index (χ1v) is 5.89. The highest BCUT2D eigenvalue weighted by Crippen LogP contribution is 2.23. The molecular weight excluding hydrogens is 216 g/mol. The number of aryl methyl sites for hydroxylation is 1. The van der Waals surface area contributed by atoms with Crippen molar-refractivity contribution in [3.8, 4) is 0 Å². The Morgan fingerprint density at radius 2 is 2.29 bits per heavy atom. The van der Waals surface area contributed by atoms with Crippen LogP contribution in [0.3, 0.4) is 0 Å². The molecule has 0 heterocycles. The molecule has 2 rings (SSSR count). The average molecular weight is 234 g/mol. The van der Waals surface area contributed by atoms with Crippen molar-refractivity contribution in [3.63, 3.8) is 0 Å². The molecule has 0 bridgehead atoms. The zero-order valence-corrected chi connectivity index (χ0v) is 10.0. The second kappa shape index (κ2) is 5.19. The summed E-state index contributed by atoms with van der Waals surface area (Å²) in [6.07, 6.45) is 4.09. The molecular formula is C13H18N2O2. The van der Waals surface area contributed by atoms with Crippen molar-refractivity contribution in [2.24, 2.45) is 10.9 Å². The van der Waals surface area contributed by atoms with Crippen LogP contribution >= 0.6 is 0 Å². The van der Waals surface area contributed by atoms with Crippen LogP contribution in [0.25, 0.3) is 0 Å². The molecule has 4 nitrogen and oxygen atoms in total. The van der Waals surface area contributed by atoms with E-state index in [1.54, 1.807) is 0 Å². The first kappa shape index (κ1) is 11.9. The second-order valence-corrected chi connectivity index (χ2v) is 4.49. The third-order valence-electron chi connectivity index (χ3n) is 3.27. The van der Waals surface area contributed by atoms with E-state index in [-0.39, 0.29) is 5.84 Å². The topological polar surface area (TPSA) is 67.8 Å². The van der Waals surface area contributed by atoms with E-state index < -0.39 is 0 Å². The zero-order valence-electron chi connectivity index (χ0n) is 10.0. The van der Waals surface area contributed by atoms with E-state index in [2.05, 4.69) is 5.16 Å². The second-order valence-electron chi connectivity index (χ2n) is 4.49. The van der Waals surface area contributed by atoms with Gasteiger partial charge in [0, 0.05) is 5.56 Å². The van der Waals surface area contributed by atoms with Gasteiger partial charge < -0.3 is 15.7 Å². The van der Waals surface area contributed by atoms with E-state index in [0.29, 0.717) is 12.7 Å². The Hall–Kier alpha value is -1.55. The van der Waals surface area contributed by atoms with Gasteiger partial charge in [0.2, 0.25) is 0 Å². The molecule has 1 aromatic carbocycles. The van der Waals surface area contributed by atoms with E-state index in [1.807, 2.05) is 25.1 Å². The summed E-state index contributed by atoms with van der Waals surface area (Å²) in [6.45, 7) is 2.65. The average Bonchev–Trinajstić information content (AvgIpc) is 2.28. The summed E-state index contributed by atoms with van der Waals surface area (Å²) in [7, 11) is 0. The van der Waals surface area contributed by atoms with Crippen LogP contribution in [-0.4, -0.2) is 17.1 Å². The van der Waals surface area contributed by atoms with Crippen LogP contribution in [-0.2, 0) is 11.3 Å². The highest BCUT2D eigenvalue weighted by molar-refractivity contribution is 5.97. The Morgan fingerprint density at radius 1 is 1.53 bits per heavy atom. The minimum absolute atomic E-state index is 0.138. The summed E-state index contributed by atoms with van der Waals surface area (Å²) in [6, 6.07) is 5.73. The van der Waals surface area contributed by atoms with Crippen molar-refractivity contribution in [1.82, 2.24) is 0 Å². The van der Waals surface area contributed by atoms with Crippen molar-refractivity contribution < 1.29 is 9.94 Å². The van der Waals surface area contributed by atoms with Gasteiger partial charge in [-0.05, 0) is 43.4 Å². The summed E-state index contributed by atoms with van der Waals surface area (Å²) in [4.78, 5) is 0. The molecule has 0 radical (unpaired) electrons. The first-order chi connectivity index (χ1) is 8.20. The molecule has 4 heteroatoms. The Bertz CT molecular complexity index is 425. The van der Waals surface area contributed by atoms with Crippen molar-refractivity contribution in [2.45, 2.75) is 38.9 Å². The van der Waals surface area contributed by atoms with Gasteiger partial charge in [-0.3, -0.25) is 0 Å². The Balaban J connectivity index is 2.03. The van der Waals surface area contributed by atoms with Crippen LogP contribution in [0.1, 0.15) is 36.0 Å². The van der Waals surface area contributed by atoms with Crippen LogP contribution in [0.2, 0.25) is 0 Å². The van der Waals surface area contributed by atoms with Crippen molar-refractivity contribution in [1.29, 1.82) is 0 Å². The highest BCUT2D eigenvalue weighted by atomic mass is 16.5. The Morgan fingerprint density at radius 3 is 2.82 bits per heavy atom. The largest absolute Gasteiger partial charge is 0.409 e. The van der Waals surface area contributed by atoms with Crippen LogP contribution in [0, 0.1) is 6.92 Å². The van der Waals surface area contributed by atoms with Gasteiger partial charge in [0.05, 0.1) is 12.7 Å². The molecule has 1 aliphatic rings. The van der Waals surface area contributed by atoms with Gasteiger partial charge in [-0.1, -0.05) is 17.3 Å². The fraction of sp³-hybridized carbons (Fsp3) is 0.462. The SMILES string of the molecule is Cc1cc(/C(N)=N/O)ccc1COC1CCC1. The highest BCUT2D eigenvalue weighted by Gasteiger charge is 2.17. The maximum Gasteiger partial charge on any atom is 0.170 e. The molecule has 92 valence electrons. The summed E-state index contributed by atoms with van der Waals surface area (Å²) in [5.74, 6) is 0.138. The van der Waals surface area contributed by atoms with Crippen molar-refractivity contribution in [2.75, 3.05) is 0 Å². The molecule has 0 amide bonds. The summed E-state index contributed by atoms with van der Waals surface area (Å²) < 4.78 is 5.76. The Kier molecular flexibility index (Phi) is 3.64. The summed E-state index contributed by atoms with van der Waals surface area (Å²) in [5, 5.41) is 11.6. The number of nitrogens with zero attached hydrogens (tertiary/aromatic N) is 1. The van der Waals surface area contributed by atoms with Gasteiger partial charge >= 0.3 is 0 Å². The number of ether oxygens (including phenoxy) is 1. The number of rotatable bonds is 4. The van der Waals surface area contributed by atoms with Crippen LogP contribution in [0.4, 0.5) is 0 Å². The van der Waals surface area contributed by atoms with Gasteiger partial charge in [-0.2, -0.15) is 0 Å². The normalized spacial score (nSPS) is 16.9. The summed E-state index contributed by atoms with van der Waals surface area (Å²) in [5.41, 5.74) is 8.53. The van der Waals surface area contributed by atoms with E-state index >= 15 is 0 Å². The first-order valence-electron chi connectivity index (χ1n) is 5.89. The molecule has 1 aliphatic carbocycles. The molecule has 3 N–H and O–H groups in total. The maximum absolute atomic E-state index is 8.60. The van der Waals surface area contributed by atoms with E-state index in [0.717, 1.165) is 16.7 Å². The van der Waals surface area contributed by atoms with E-state index in [1.165, 1.54) is 19.3 Å². The van der Waals surface area contributed by atoms with Gasteiger partial charge in [-0.15, -0.1) is 0 Å².